The second-order valence-electron chi connectivity index (χ2n) is 3.57. The van der Waals surface area contributed by atoms with Crippen LogP contribution in [0.1, 0.15) is 29.2 Å². The van der Waals surface area contributed by atoms with Gasteiger partial charge in [0.25, 0.3) is 5.91 Å². The molecule has 4 nitrogen and oxygen atoms in total. The van der Waals surface area contributed by atoms with Crippen molar-refractivity contribution in [2.45, 2.75) is 13.0 Å². The summed E-state index contributed by atoms with van der Waals surface area (Å²) in [4.78, 5) is 15.9. The molecule has 0 fully saturated rings. The fourth-order valence-electron chi connectivity index (χ4n) is 1.39. The Labute approximate surface area is 107 Å². The van der Waals surface area contributed by atoms with Crippen LogP contribution in [0.25, 0.3) is 0 Å². The largest absolute Gasteiger partial charge is 0.467 e. The quantitative estimate of drug-likeness (QED) is 0.947. The number of carbonyl (C=O) groups excluding carboxylic acids is 1. The standard InChI is InChI=1S/C12H11BrN2O2/c1-8(11-3-2-6-17-11)15-12(16)10-5-4-9(13)7-14-10/h2-8H,1H3,(H,15,16). The Morgan fingerprint density at radius 1 is 1.47 bits per heavy atom. The third kappa shape index (κ3) is 2.94. The molecule has 0 radical (unpaired) electrons. The highest BCUT2D eigenvalue weighted by Gasteiger charge is 2.13. The van der Waals surface area contributed by atoms with Crippen molar-refractivity contribution in [3.63, 3.8) is 0 Å². The third-order valence-corrected chi connectivity index (χ3v) is 2.75. The van der Waals surface area contributed by atoms with Gasteiger partial charge in [-0.15, -0.1) is 0 Å². The third-order valence-electron chi connectivity index (χ3n) is 2.28. The highest BCUT2D eigenvalue weighted by molar-refractivity contribution is 9.10. The van der Waals surface area contributed by atoms with Crippen LogP contribution in [0.15, 0.2) is 45.6 Å². The molecule has 0 aliphatic heterocycles. The van der Waals surface area contributed by atoms with Crippen molar-refractivity contribution < 1.29 is 9.21 Å². The van der Waals surface area contributed by atoms with Gasteiger partial charge in [-0.2, -0.15) is 0 Å². The van der Waals surface area contributed by atoms with Crippen LogP contribution in [0.4, 0.5) is 0 Å². The molecule has 2 heterocycles. The van der Waals surface area contributed by atoms with E-state index >= 15 is 0 Å². The molecule has 2 aromatic rings. The first kappa shape index (κ1) is 11.9. The maximum Gasteiger partial charge on any atom is 0.270 e. The van der Waals surface area contributed by atoms with Gasteiger partial charge in [0, 0.05) is 10.7 Å². The summed E-state index contributed by atoms with van der Waals surface area (Å²) in [7, 11) is 0. The van der Waals surface area contributed by atoms with E-state index < -0.39 is 0 Å². The van der Waals surface area contributed by atoms with Gasteiger partial charge in [-0.3, -0.25) is 4.79 Å². The van der Waals surface area contributed by atoms with E-state index in [0.29, 0.717) is 5.69 Å². The second kappa shape index (κ2) is 5.14. The Morgan fingerprint density at radius 3 is 2.88 bits per heavy atom. The van der Waals surface area contributed by atoms with E-state index in [1.54, 1.807) is 30.7 Å². The number of hydrogen-bond acceptors (Lipinski definition) is 3. The molecular formula is C12H11BrN2O2. The molecule has 1 amide bonds. The first-order valence-electron chi connectivity index (χ1n) is 5.12. The van der Waals surface area contributed by atoms with Gasteiger partial charge >= 0.3 is 0 Å². The number of carbonyl (C=O) groups is 1. The molecule has 0 spiro atoms. The molecular weight excluding hydrogens is 284 g/mol. The molecule has 0 saturated carbocycles. The Kier molecular flexibility index (Phi) is 3.58. The normalized spacial score (nSPS) is 12.1. The van der Waals surface area contributed by atoms with E-state index in [-0.39, 0.29) is 11.9 Å². The molecule has 0 aliphatic rings. The summed E-state index contributed by atoms with van der Waals surface area (Å²) in [5.74, 6) is 0.497. The number of pyridine rings is 1. The second-order valence-corrected chi connectivity index (χ2v) is 4.49. The number of hydrogen-bond donors (Lipinski definition) is 1. The van der Waals surface area contributed by atoms with Crippen LogP contribution in [0.5, 0.6) is 0 Å². The first-order chi connectivity index (χ1) is 8.16. The lowest BCUT2D eigenvalue weighted by molar-refractivity contribution is 0.0930. The Balaban J connectivity index is 2.04. The summed E-state index contributed by atoms with van der Waals surface area (Å²) in [6, 6.07) is 6.87. The lowest BCUT2D eigenvalue weighted by Crippen LogP contribution is -2.27. The van der Waals surface area contributed by atoms with Crippen molar-refractivity contribution in [3.05, 3.63) is 52.7 Å². The zero-order chi connectivity index (χ0) is 12.3. The maximum atomic E-state index is 11.8. The molecule has 5 heteroatoms. The van der Waals surface area contributed by atoms with E-state index in [9.17, 15) is 4.79 Å². The van der Waals surface area contributed by atoms with Crippen LogP contribution >= 0.6 is 15.9 Å². The lowest BCUT2D eigenvalue weighted by atomic mass is 10.2. The minimum atomic E-state index is -0.221. The van der Waals surface area contributed by atoms with Gasteiger partial charge in [-0.25, -0.2) is 4.98 Å². The van der Waals surface area contributed by atoms with Crippen LogP contribution in [0.3, 0.4) is 0 Å². The highest BCUT2D eigenvalue weighted by atomic mass is 79.9. The van der Waals surface area contributed by atoms with Crippen molar-refractivity contribution in [2.75, 3.05) is 0 Å². The van der Waals surface area contributed by atoms with Crippen molar-refractivity contribution in [1.82, 2.24) is 10.3 Å². The molecule has 2 rings (SSSR count). The zero-order valence-corrected chi connectivity index (χ0v) is 10.8. The average molecular weight is 295 g/mol. The highest BCUT2D eigenvalue weighted by Crippen LogP contribution is 2.13. The van der Waals surface area contributed by atoms with E-state index in [0.717, 1.165) is 10.2 Å². The monoisotopic (exact) mass is 294 g/mol. The van der Waals surface area contributed by atoms with E-state index in [1.165, 1.54) is 0 Å². The van der Waals surface area contributed by atoms with Crippen molar-refractivity contribution in [2.24, 2.45) is 0 Å². The van der Waals surface area contributed by atoms with Crippen LogP contribution in [0, 0.1) is 0 Å². The van der Waals surface area contributed by atoms with Crippen LogP contribution in [0.2, 0.25) is 0 Å². The van der Waals surface area contributed by atoms with E-state index in [2.05, 4.69) is 26.2 Å². The van der Waals surface area contributed by atoms with Gasteiger partial charge < -0.3 is 9.73 Å². The Hall–Kier alpha value is -1.62. The first-order valence-corrected chi connectivity index (χ1v) is 5.92. The SMILES string of the molecule is CC(NC(=O)c1ccc(Br)cn1)c1ccco1. The van der Waals surface area contributed by atoms with E-state index in [1.807, 2.05) is 13.0 Å². The number of amides is 1. The van der Waals surface area contributed by atoms with Crippen LogP contribution < -0.4 is 5.32 Å². The minimum Gasteiger partial charge on any atom is -0.467 e. The number of aromatic nitrogens is 1. The predicted molar refractivity (Wildman–Crippen MR) is 66.5 cm³/mol. The van der Waals surface area contributed by atoms with Gasteiger partial charge in [0.1, 0.15) is 11.5 Å². The molecule has 0 aromatic carbocycles. The fourth-order valence-corrected chi connectivity index (χ4v) is 1.62. The fraction of sp³-hybridized carbons (Fsp3) is 0.167. The summed E-state index contributed by atoms with van der Waals surface area (Å²) in [6.07, 6.45) is 3.17. The van der Waals surface area contributed by atoms with Gasteiger partial charge in [-0.05, 0) is 47.1 Å². The number of nitrogens with one attached hydrogen (secondary N) is 1. The number of halogens is 1. The van der Waals surface area contributed by atoms with Crippen molar-refractivity contribution >= 4 is 21.8 Å². The molecule has 0 bridgehead atoms. The Morgan fingerprint density at radius 2 is 2.29 bits per heavy atom. The van der Waals surface area contributed by atoms with E-state index in [4.69, 9.17) is 4.42 Å². The molecule has 2 aromatic heterocycles. The molecule has 1 atom stereocenters. The van der Waals surface area contributed by atoms with Crippen molar-refractivity contribution in [3.8, 4) is 0 Å². The van der Waals surface area contributed by atoms with Crippen LogP contribution in [-0.2, 0) is 0 Å². The zero-order valence-electron chi connectivity index (χ0n) is 9.18. The smallest absolute Gasteiger partial charge is 0.270 e. The number of nitrogens with zero attached hydrogens (tertiary/aromatic N) is 1. The van der Waals surface area contributed by atoms with Gasteiger partial charge in [-0.1, -0.05) is 0 Å². The number of rotatable bonds is 3. The molecule has 0 aliphatic carbocycles. The van der Waals surface area contributed by atoms with Gasteiger partial charge in [0.15, 0.2) is 0 Å². The summed E-state index contributed by atoms with van der Waals surface area (Å²) < 4.78 is 6.05. The van der Waals surface area contributed by atoms with Crippen LogP contribution in [-0.4, -0.2) is 10.9 Å². The molecule has 17 heavy (non-hydrogen) atoms. The molecule has 1 N–H and O–H groups in total. The molecule has 88 valence electrons. The number of furan rings is 1. The lowest BCUT2D eigenvalue weighted by Gasteiger charge is -2.10. The van der Waals surface area contributed by atoms with Crippen molar-refractivity contribution in [1.29, 1.82) is 0 Å². The van der Waals surface area contributed by atoms with Gasteiger partial charge in [0.05, 0.1) is 12.3 Å². The Bertz CT molecular complexity index is 494. The maximum absolute atomic E-state index is 11.8. The van der Waals surface area contributed by atoms with Gasteiger partial charge in [0.2, 0.25) is 0 Å². The average Bonchev–Trinajstić information content (AvgIpc) is 2.83. The summed E-state index contributed by atoms with van der Waals surface area (Å²) in [6.45, 7) is 1.86. The topological polar surface area (TPSA) is 55.1 Å². The minimum absolute atomic E-state index is 0.178. The predicted octanol–water partition coefficient (Wildman–Crippen LogP) is 2.93. The summed E-state index contributed by atoms with van der Waals surface area (Å²) >= 11 is 3.27. The molecule has 0 saturated heterocycles. The molecule has 1 unspecified atom stereocenters. The summed E-state index contributed by atoms with van der Waals surface area (Å²) in [5.41, 5.74) is 0.381. The summed E-state index contributed by atoms with van der Waals surface area (Å²) in [5, 5.41) is 2.81.